The smallest absolute Gasteiger partial charge is 0.191 e. The van der Waals surface area contributed by atoms with Crippen LogP contribution in [0.4, 0.5) is 0 Å². The summed E-state index contributed by atoms with van der Waals surface area (Å²) in [5.74, 6) is 0.891. The first kappa shape index (κ1) is 22.2. The Hall–Kier alpha value is -0.820. The molecule has 0 heterocycles. The molecule has 0 saturated heterocycles. The molecule has 1 aliphatic rings. The maximum atomic E-state index is 5.27. The summed E-state index contributed by atoms with van der Waals surface area (Å²) in [6, 6.07) is 10.6. The zero-order valence-electron chi connectivity index (χ0n) is 16.1. The van der Waals surface area contributed by atoms with Gasteiger partial charge in [0.2, 0.25) is 0 Å². The zero-order valence-corrected chi connectivity index (χ0v) is 18.4. The van der Waals surface area contributed by atoms with Gasteiger partial charge in [0.05, 0.1) is 0 Å². The van der Waals surface area contributed by atoms with Crippen LogP contribution in [-0.4, -0.2) is 39.8 Å². The summed E-state index contributed by atoms with van der Waals surface area (Å²) in [7, 11) is 3.62. The molecule has 2 rings (SSSR count). The molecule has 2 N–H and O–H groups in total. The van der Waals surface area contributed by atoms with Crippen LogP contribution in [0.3, 0.4) is 0 Å². The van der Waals surface area contributed by atoms with E-state index in [0.717, 1.165) is 32.1 Å². The van der Waals surface area contributed by atoms with Crippen molar-refractivity contribution < 1.29 is 4.74 Å². The predicted molar refractivity (Wildman–Crippen MR) is 117 cm³/mol. The van der Waals surface area contributed by atoms with E-state index in [2.05, 4.69) is 59.8 Å². The van der Waals surface area contributed by atoms with Crippen molar-refractivity contribution in [1.29, 1.82) is 0 Å². The summed E-state index contributed by atoms with van der Waals surface area (Å²) in [4.78, 5) is 4.39. The molecule has 1 aliphatic carbocycles. The van der Waals surface area contributed by atoms with Crippen molar-refractivity contribution in [2.24, 2.45) is 10.4 Å². The first-order valence-electron chi connectivity index (χ1n) is 9.00. The van der Waals surface area contributed by atoms with E-state index in [0.29, 0.717) is 5.41 Å². The molecule has 1 fully saturated rings. The Balaban J connectivity index is 0.00000312. The number of rotatable bonds is 8. The van der Waals surface area contributed by atoms with E-state index in [4.69, 9.17) is 4.74 Å². The molecule has 0 atom stereocenters. The van der Waals surface area contributed by atoms with Crippen molar-refractivity contribution in [2.45, 2.75) is 44.9 Å². The number of nitrogens with zero attached hydrogens (tertiary/aromatic N) is 1. The van der Waals surface area contributed by atoms with Crippen LogP contribution >= 0.6 is 24.0 Å². The lowest BCUT2D eigenvalue weighted by atomic mass is 9.67. The van der Waals surface area contributed by atoms with E-state index in [9.17, 15) is 0 Å². The van der Waals surface area contributed by atoms with Gasteiger partial charge in [-0.2, -0.15) is 0 Å². The number of aliphatic imine (C=N–C) groups is 1. The van der Waals surface area contributed by atoms with Gasteiger partial charge >= 0.3 is 0 Å². The molecule has 0 spiro atoms. The number of guanidine groups is 1. The zero-order chi connectivity index (χ0) is 17.5. The van der Waals surface area contributed by atoms with E-state index in [1.807, 2.05) is 7.05 Å². The van der Waals surface area contributed by atoms with Crippen LogP contribution < -0.4 is 10.6 Å². The molecule has 0 amide bonds. The molecule has 25 heavy (non-hydrogen) atoms. The molecular formula is C20H34IN3O. The molecular weight excluding hydrogens is 425 g/mol. The van der Waals surface area contributed by atoms with Crippen molar-refractivity contribution in [3.63, 3.8) is 0 Å². The summed E-state index contributed by atoms with van der Waals surface area (Å²) < 4.78 is 5.27. The van der Waals surface area contributed by atoms with Gasteiger partial charge in [-0.05, 0) is 30.2 Å². The monoisotopic (exact) mass is 459 g/mol. The molecule has 1 aromatic carbocycles. The van der Waals surface area contributed by atoms with E-state index in [1.54, 1.807) is 7.11 Å². The van der Waals surface area contributed by atoms with Crippen LogP contribution in [0.5, 0.6) is 0 Å². The van der Waals surface area contributed by atoms with E-state index >= 15 is 0 Å². The predicted octanol–water partition coefficient (Wildman–Crippen LogP) is 3.95. The van der Waals surface area contributed by atoms with Crippen LogP contribution in [0.15, 0.2) is 35.3 Å². The Morgan fingerprint density at radius 2 is 1.88 bits per heavy atom. The van der Waals surface area contributed by atoms with Crippen LogP contribution in [-0.2, 0) is 10.2 Å². The number of hydrogen-bond donors (Lipinski definition) is 2. The molecule has 0 bridgehead atoms. The van der Waals surface area contributed by atoms with Gasteiger partial charge in [0.15, 0.2) is 5.96 Å². The second-order valence-corrected chi connectivity index (χ2v) is 7.63. The number of ether oxygens (including phenoxy) is 1. The molecule has 4 nitrogen and oxygen atoms in total. The molecule has 1 aromatic rings. The third-order valence-corrected chi connectivity index (χ3v) is 5.36. The summed E-state index contributed by atoms with van der Waals surface area (Å²) in [5, 5.41) is 7.02. The second-order valence-electron chi connectivity index (χ2n) is 7.63. The third-order valence-electron chi connectivity index (χ3n) is 5.36. The average molecular weight is 459 g/mol. The Labute approximate surface area is 170 Å². The number of hydrogen-bond acceptors (Lipinski definition) is 2. The minimum absolute atomic E-state index is 0. The van der Waals surface area contributed by atoms with E-state index < -0.39 is 0 Å². The number of benzene rings is 1. The summed E-state index contributed by atoms with van der Waals surface area (Å²) in [5.41, 5.74) is 1.79. The largest absolute Gasteiger partial charge is 0.385 e. The fourth-order valence-electron chi connectivity index (χ4n) is 3.30. The highest BCUT2D eigenvalue weighted by molar-refractivity contribution is 14.0. The van der Waals surface area contributed by atoms with Crippen molar-refractivity contribution in [3.8, 4) is 0 Å². The van der Waals surface area contributed by atoms with Gasteiger partial charge in [0, 0.05) is 39.3 Å². The van der Waals surface area contributed by atoms with Gasteiger partial charge in [-0.25, -0.2) is 0 Å². The lowest BCUT2D eigenvalue weighted by Crippen LogP contribution is -2.49. The first-order valence-corrected chi connectivity index (χ1v) is 9.00. The summed E-state index contributed by atoms with van der Waals surface area (Å²) >= 11 is 0. The Bertz CT molecular complexity index is 527. The van der Waals surface area contributed by atoms with Crippen molar-refractivity contribution in [3.05, 3.63) is 35.9 Å². The number of methoxy groups -OCH3 is 1. The Morgan fingerprint density at radius 1 is 1.20 bits per heavy atom. The maximum absolute atomic E-state index is 5.27. The molecule has 1 saturated carbocycles. The Morgan fingerprint density at radius 3 is 2.40 bits per heavy atom. The minimum atomic E-state index is 0. The van der Waals surface area contributed by atoms with Gasteiger partial charge in [0.1, 0.15) is 0 Å². The van der Waals surface area contributed by atoms with Crippen LogP contribution in [0, 0.1) is 5.41 Å². The third kappa shape index (κ3) is 6.44. The maximum Gasteiger partial charge on any atom is 0.191 e. The molecule has 5 heteroatoms. The Kier molecular flexibility index (Phi) is 9.21. The van der Waals surface area contributed by atoms with Gasteiger partial charge in [-0.15, -0.1) is 24.0 Å². The fraction of sp³-hybridized carbons (Fsp3) is 0.650. The topological polar surface area (TPSA) is 45.7 Å². The lowest BCUT2D eigenvalue weighted by molar-refractivity contribution is 0.0732. The van der Waals surface area contributed by atoms with Crippen molar-refractivity contribution in [1.82, 2.24) is 10.6 Å². The standard InChI is InChI=1S/C20H33N3O.HI/c1-19(2,17-9-6-5-7-10-17)15-22-18(21-3)23-16-20(11-8-12-20)13-14-24-4;/h5-7,9-10H,8,11-16H2,1-4H3,(H2,21,22,23);1H. The van der Waals surface area contributed by atoms with Crippen LogP contribution in [0.25, 0.3) is 0 Å². The van der Waals surface area contributed by atoms with Gasteiger partial charge in [0.25, 0.3) is 0 Å². The van der Waals surface area contributed by atoms with Crippen LogP contribution in [0.2, 0.25) is 0 Å². The first-order chi connectivity index (χ1) is 11.5. The highest BCUT2D eigenvalue weighted by atomic mass is 127. The van der Waals surface area contributed by atoms with Gasteiger partial charge in [-0.1, -0.05) is 50.6 Å². The normalized spacial score (nSPS) is 16.6. The fourth-order valence-corrected chi connectivity index (χ4v) is 3.30. The van der Waals surface area contributed by atoms with E-state index in [-0.39, 0.29) is 29.4 Å². The molecule has 0 aromatic heterocycles. The van der Waals surface area contributed by atoms with Gasteiger partial charge in [-0.3, -0.25) is 4.99 Å². The molecule has 142 valence electrons. The average Bonchev–Trinajstić information content (AvgIpc) is 2.57. The van der Waals surface area contributed by atoms with Crippen LogP contribution in [0.1, 0.15) is 45.1 Å². The number of halogens is 1. The highest BCUT2D eigenvalue weighted by Crippen LogP contribution is 2.43. The summed E-state index contributed by atoms with van der Waals surface area (Å²) in [6.45, 7) is 7.18. The van der Waals surface area contributed by atoms with E-state index in [1.165, 1.54) is 24.8 Å². The number of nitrogens with one attached hydrogen (secondary N) is 2. The highest BCUT2D eigenvalue weighted by Gasteiger charge is 2.36. The molecule has 0 aliphatic heterocycles. The molecule has 0 radical (unpaired) electrons. The molecule has 0 unspecified atom stereocenters. The SMILES string of the molecule is CN=C(NCC1(CCOC)CCC1)NCC(C)(C)c1ccccc1.I. The minimum Gasteiger partial charge on any atom is -0.385 e. The quantitative estimate of drug-likeness (QED) is 0.352. The lowest BCUT2D eigenvalue weighted by Gasteiger charge is -2.42. The van der Waals surface area contributed by atoms with Crippen molar-refractivity contribution in [2.75, 3.05) is 33.9 Å². The summed E-state index contributed by atoms with van der Waals surface area (Å²) in [6.07, 6.45) is 5.03. The second kappa shape index (κ2) is 10.4. The van der Waals surface area contributed by atoms with Crippen molar-refractivity contribution >= 4 is 29.9 Å². The van der Waals surface area contributed by atoms with Gasteiger partial charge < -0.3 is 15.4 Å².